The summed E-state index contributed by atoms with van der Waals surface area (Å²) in [6.45, 7) is 12.8. The van der Waals surface area contributed by atoms with Crippen molar-refractivity contribution in [1.29, 1.82) is 0 Å². The van der Waals surface area contributed by atoms with Crippen molar-refractivity contribution in [2.24, 2.45) is 17.3 Å². The van der Waals surface area contributed by atoms with Crippen molar-refractivity contribution in [2.75, 3.05) is 0 Å². The van der Waals surface area contributed by atoms with Crippen LogP contribution >= 0.6 is 0 Å². The molecule has 5 atom stereocenters. The Morgan fingerprint density at radius 2 is 2.00 bits per heavy atom. The van der Waals surface area contributed by atoms with E-state index in [0.717, 1.165) is 36.8 Å². The van der Waals surface area contributed by atoms with E-state index in [1.54, 1.807) is 5.57 Å². The van der Waals surface area contributed by atoms with E-state index in [0.29, 0.717) is 37.5 Å². The van der Waals surface area contributed by atoms with E-state index in [1.165, 1.54) is 18.4 Å². The van der Waals surface area contributed by atoms with Gasteiger partial charge in [-0.25, -0.2) is 0 Å². The number of fused-ring (bicyclic) bond motifs is 1. The fourth-order valence-corrected chi connectivity index (χ4v) is 6.18. The van der Waals surface area contributed by atoms with Crippen molar-refractivity contribution in [3.05, 3.63) is 47.1 Å². The van der Waals surface area contributed by atoms with Gasteiger partial charge in [0.2, 0.25) is 0 Å². The molecule has 3 aliphatic rings. The number of hydrogen-bond acceptors (Lipinski definition) is 3. The summed E-state index contributed by atoms with van der Waals surface area (Å²) in [6.07, 6.45) is 14.5. The highest BCUT2D eigenvalue weighted by Gasteiger charge is 2.45. The summed E-state index contributed by atoms with van der Waals surface area (Å²) < 4.78 is 0. The van der Waals surface area contributed by atoms with Crippen LogP contribution in [0.4, 0.5) is 0 Å². The first-order valence-corrected chi connectivity index (χ1v) is 13.0. The molecular weight excluding hydrogens is 408 g/mol. The van der Waals surface area contributed by atoms with Crippen molar-refractivity contribution in [2.45, 2.75) is 110 Å². The zero-order chi connectivity index (χ0) is 24.2. The predicted octanol–water partition coefficient (Wildman–Crippen LogP) is 6.02. The van der Waals surface area contributed by atoms with Crippen LogP contribution in [0, 0.1) is 29.1 Å². The normalized spacial score (nSPS) is 33.5. The lowest BCUT2D eigenvalue weighted by atomic mass is 9.62. The molecule has 0 aromatic carbocycles. The molecule has 0 radical (unpaired) electrons. The molecule has 3 rings (SSSR count). The van der Waals surface area contributed by atoms with E-state index in [1.807, 2.05) is 13.8 Å². The molecule has 2 fully saturated rings. The van der Waals surface area contributed by atoms with Crippen molar-refractivity contribution in [3.8, 4) is 11.8 Å². The standard InChI is InChI=1S/C30H44O3/c1-6-30(33,7-2)18-9-8-11-21(3)26-15-16-27-23(12-10-17-29(26,27)5)13-14-24-19-25(31)20-28(32)22(24)4/h13-15,21,25,27-28,31-33H,4,6-8,10-12,16-17,19-20H2,1-3,5H3/t21-,25+,27?,28-,29+/m0/s1. The second-order valence-corrected chi connectivity index (χ2v) is 10.8. The molecule has 2 saturated carbocycles. The molecular formula is C30H44O3. The molecule has 0 amide bonds. The summed E-state index contributed by atoms with van der Waals surface area (Å²) >= 11 is 0. The Labute approximate surface area is 201 Å². The van der Waals surface area contributed by atoms with Gasteiger partial charge >= 0.3 is 0 Å². The molecule has 182 valence electrons. The summed E-state index contributed by atoms with van der Waals surface area (Å²) in [4.78, 5) is 0. The molecule has 1 unspecified atom stereocenters. The topological polar surface area (TPSA) is 60.7 Å². The summed E-state index contributed by atoms with van der Waals surface area (Å²) in [7, 11) is 0. The van der Waals surface area contributed by atoms with Crippen LogP contribution in [0.2, 0.25) is 0 Å². The maximum Gasteiger partial charge on any atom is 0.125 e. The maximum absolute atomic E-state index is 10.4. The third kappa shape index (κ3) is 5.73. The fourth-order valence-electron chi connectivity index (χ4n) is 6.18. The van der Waals surface area contributed by atoms with Crippen LogP contribution in [-0.2, 0) is 0 Å². The highest BCUT2D eigenvalue weighted by atomic mass is 16.3. The molecule has 0 spiro atoms. The van der Waals surface area contributed by atoms with Crippen LogP contribution in [0.1, 0.15) is 91.9 Å². The van der Waals surface area contributed by atoms with E-state index < -0.39 is 17.8 Å². The van der Waals surface area contributed by atoms with Gasteiger partial charge in [0.05, 0.1) is 12.2 Å². The van der Waals surface area contributed by atoms with Crippen LogP contribution in [-0.4, -0.2) is 33.1 Å². The summed E-state index contributed by atoms with van der Waals surface area (Å²) in [5.41, 5.74) is 4.19. The third-order valence-corrected chi connectivity index (χ3v) is 8.60. The molecule has 33 heavy (non-hydrogen) atoms. The number of rotatable bonds is 6. The highest BCUT2D eigenvalue weighted by molar-refractivity contribution is 5.40. The molecule has 0 saturated heterocycles. The first-order valence-electron chi connectivity index (χ1n) is 13.0. The first kappa shape index (κ1) is 26.0. The van der Waals surface area contributed by atoms with Gasteiger partial charge in [0, 0.05) is 12.8 Å². The summed E-state index contributed by atoms with van der Waals surface area (Å²) in [5, 5.41) is 30.6. The molecule has 3 N–H and O–H groups in total. The summed E-state index contributed by atoms with van der Waals surface area (Å²) in [5.74, 6) is 7.37. The quantitative estimate of drug-likeness (QED) is 0.341. The van der Waals surface area contributed by atoms with Gasteiger partial charge in [-0.3, -0.25) is 0 Å². The minimum absolute atomic E-state index is 0.200. The Bertz CT molecular complexity index is 876. The predicted molar refractivity (Wildman–Crippen MR) is 136 cm³/mol. The van der Waals surface area contributed by atoms with Crippen LogP contribution < -0.4 is 0 Å². The monoisotopic (exact) mass is 452 g/mol. The molecule has 3 nitrogen and oxygen atoms in total. The minimum Gasteiger partial charge on any atom is -0.393 e. The molecule has 0 heterocycles. The molecule has 0 bridgehead atoms. The number of hydrogen-bond donors (Lipinski definition) is 3. The smallest absolute Gasteiger partial charge is 0.125 e. The van der Waals surface area contributed by atoms with Crippen molar-refractivity contribution >= 4 is 0 Å². The Morgan fingerprint density at radius 1 is 1.27 bits per heavy atom. The minimum atomic E-state index is -0.833. The van der Waals surface area contributed by atoms with Crippen LogP contribution in [0.3, 0.4) is 0 Å². The van der Waals surface area contributed by atoms with Crippen LogP contribution in [0.5, 0.6) is 0 Å². The molecule has 0 aromatic heterocycles. The van der Waals surface area contributed by atoms with Gasteiger partial charge in [0.25, 0.3) is 0 Å². The highest BCUT2D eigenvalue weighted by Crippen LogP contribution is 2.57. The maximum atomic E-state index is 10.4. The van der Waals surface area contributed by atoms with E-state index in [2.05, 4.69) is 50.5 Å². The lowest BCUT2D eigenvalue weighted by Gasteiger charge is -2.42. The number of aliphatic hydroxyl groups is 3. The van der Waals surface area contributed by atoms with Gasteiger partial charge in [0.1, 0.15) is 5.60 Å². The molecule has 0 aliphatic heterocycles. The lowest BCUT2D eigenvalue weighted by molar-refractivity contribution is 0.0862. The van der Waals surface area contributed by atoms with E-state index in [-0.39, 0.29) is 5.41 Å². The largest absolute Gasteiger partial charge is 0.393 e. The van der Waals surface area contributed by atoms with Gasteiger partial charge in [-0.15, -0.1) is 5.92 Å². The Kier molecular flexibility index (Phi) is 8.49. The Hall–Kier alpha value is -1.60. The van der Waals surface area contributed by atoms with Crippen molar-refractivity contribution < 1.29 is 15.3 Å². The second-order valence-electron chi connectivity index (χ2n) is 10.8. The van der Waals surface area contributed by atoms with Gasteiger partial charge in [0.15, 0.2) is 0 Å². The average Bonchev–Trinajstić information content (AvgIpc) is 3.15. The van der Waals surface area contributed by atoms with Gasteiger partial charge < -0.3 is 15.3 Å². The third-order valence-electron chi connectivity index (χ3n) is 8.60. The lowest BCUT2D eigenvalue weighted by Crippen LogP contribution is -2.32. The SMILES string of the molecule is C=C1C(=CC=C2CCC[C@]3(C)C([C@@H](C)CCC#CC(O)(CC)CC)=CCC23)C[C@@H](O)C[C@@H]1O. The first-order chi connectivity index (χ1) is 15.6. The Morgan fingerprint density at radius 3 is 2.70 bits per heavy atom. The van der Waals surface area contributed by atoms with Crippen LogP contribution in [0.15, 0.2) is 47.1 Å². The number of allylic oxidation sites excluding steroid dienone is 5. The second kappa shape index (κ2) is 10.8. The fraction of sp³-hybridized carbons (Fsp3) is 0.667. The van der Waals surface area contributed by atoms with Crippen molar-refractivity contribution in [1.82, 2.24) is 0 Å². The van der Waals surface area contributed by atoms with Gasteiger partial charge in [-0.05, 0) is 79.8 Å². The zero-order valence-electron chi connectivity index (χ0n) is 21.2. The molecule has 3 heteroatoms. The summed E-state index contributed by atoms with van der Waals surface area (Å²) in [6, 6.07) is 0. The van der Waals surface area contributed by atoms with Crippen LogP contribution in [0.25, 0.3) is 0 Å². The Balaban J connectivity index is 1.69. The average molecular weight is 453 g/mol. The van der Waals surface area contributed by atoms with E-state index >= 15 is 0 Å². The molecule has 3 aliphatic carbocycles. The molecule has 0 aromatic rings. The van der Waals surface area contributed by atoms with Gasteiger partial charge in [-0.1, -0.05) is 69.6 Å². The van der Waals surface area contributed by atoms with E-state index in [4.69, 9.17) is 0 Å². The van der Waals surface area contributed by atoms with Crippen molar-refractivity contribution in [3.63, 3.8) is 0 Å². The zero-order valence-corrected chi connectivity index (χ0v) is 21.2. The number of aliphatic hydroxyl groups excluding tert-OH is 2. The van der Waals surface area contributed by atoms with Gasteiger partial charge in [-0.2, -0.15) is 0 Å². The van der Waals surface area contributed by atoms with E-state index in [9.17, 15) is 15.3 Å².